The zero-order chi connectivity index (χ0) is 13.0. The molecule has 5 nitrogen and oxygen atoms in total. The summed E-state index contributed by atoms with van der Waals surface area (Å²) in [5.74, 6) is -0.418. The molecule has 0 spiro atoms. The van der Waals surface area contributed by atoms with E-state index in [-0.39, 0.29) is 0 Å². The number of ether oxygens (including phenoxy) is 1. The first kappa shape index (κ1) is 12.4. The number of carbonyl (C=O) groups excluding carboxylic acids is 1. The van der Waals surface area contributed by atoms with Gasteiger partial charge in [0.25, 0.3) is 0 Å². The molecule has 2 heterocycles. The second-order valence-electron chi connectivity index (χ2n) is 3.36. The van der Waals surface area contributed by atoms with Gasteiger partial charge in [-0.3, -0.25) is 4.98 Å². The molecule has 0 aliphatic rings. The lowest BCUT2D eigenvalue weighted by Gasteiger charge is -2.07. The number of carbonyl (C=O) groups is 1. The van der Waals surface area contributed by atoms with E-state index < -0.39 is 5.97 Å². The van der Waals surface area contributed by atoms with Gasteiger partial charge in [0.2, 0.25) is 0 Å². The summed E-state index contributed by atoms with van der Waals surface area (Å²) in [6.07, 6.45) is 4.81. The minimum Gasteiger partial charge on any atom is -0.465 e. The van der Waals surface area contributed by atoms with Crippen molar-refractivity contribution in [2.24, 2.45) is 0 Å². The fourth-order valence-electron chi connectivity index (χ4n) is 1.33. The number of nitrogen functional groups attached to an aromatic ring is 1. The Balaban J connectivity index is 2.35. The van der Waals surface area contributed by atoms with Gasteiger partial charge in [0.05, 0.1) is 24.6 Å². The summed E-state index contributed by atoms with van der Waals surface area (Å²) in [6.45, 7) is 0. The van der Waals surface area contributed by atoms with Gasteiger partial charge >= 0.3 is 5.97 Å². The number of hydrogen-bond donors (Lipinski definition) is 1. The standard InChI is InChI=1S/C12H11N3O2S/c1-17-12(16)8-3-2-5-15-11(8)18-10-4-6-14-7-9(10)13/h2-7H,13H2,1H3. The number of anilines is 1. The smallest absolute Gasteiger partial charge is 0.340 e. The normalized spacial score (nSPS) is 10.1. The molecule has 0 aliphatic heterocycles. The average Bonchev–Trinajstić information content (AvgIpc) is 2.41. The zero-order valence-corrected chi connectivity index (χ0v) is 10.5. The highest BCUT2D eigenvalue weighted by molar-refractivity contribution is 7.99. The number of pyridine rings is 2. The van der Waals surface area contributed by atoms with E-state index in [1.165, 1.54) is 18.9 Å². The van der Waals surface area contributed by atoms with Crippen LogP contribution in [0.4, 0.5) is 5.69 Å². The topological polar surface area (TPSA) is 78.1 Å². The highest BCUT2D eigenvalue weighted by Crippen LogP contribution is 2.32. The van der Waals surface area contributed by atoms with Gasteiger partial charge in [0.1, 0.15) is 5.03 Å². The molecular formula is C12H11N3O2S. The number of aromatic nitrogens is 2. The fourth-order valence-corrected chi connectivity index (χ4v) is 2.21. The van der Waals surface area contributed by atoms with Crippen molar-refractivity contribution in [2.75, 3.05) is 12.8 Å². The van der Waals surface area contributed by atoms with Crippen LogP contribution in [0.2, 0.25) is 0 Å². The molecule has 0 unspecified atom stereocenters. The van der Waals surface area contributed by atoms with Gasteiger partial charge in [0.15, 0.2) is 0 Å². The van der Waals surface area contributed by atoms with Gasteiger partial charge < -0.3 is 10.5 Å². The molecule has 2 rings (SSSR count). The molecule has 0 atom stereocenters. The van der Waals surface area contributed by atoms with Crippen molar-refractivity contribution in [3.05, 3.63) is 42.4 Å². The largest absolute Gasteiger partial charge is 0.465 e. The monoisotopic (exact) mass is 261 g/mol. The SMILES string of the molecule is COC(=O)c1cccnc1Sc1ccncc1N. The maximum absolute atomic E-state index is 11.6. The number of nitrogens with two attached hydrogens (primary N) is 1. The molecule has 18 heavy (non-hydrogen) atoms. The van der Waals surface area contributed by atoms with Crippen LogP contribution in [0.15, 0.2) is 46.7 Å². The van der Waals surface area contributed by atoms with E-state index in [1.807, 2.05) is 0 Å². The molecule has 0 saturated carbocycles. The molecule has 2 aromatic heterocycles. The van der Waals surface area contributed by atoms with Gasteiger partial charge in [0, 0.05) is 17.3 Å². The molecule has 92 valence electrons. The fraction of sp³-hybridized carbons (Fsp3) is 0.0833. The Hall–Kier alpha value is -2.08. The average molecular weight is 261 g/mol. The van der Waals surface area contributed by atoms with Crippen LogP contribution in [0.5, 0.6) is 0 Å². The maximum atomic E-state index is 11.6. The third-order valence-electron chi connectivity index (χ3n) is 2.19. The molecule has 0 bridgehead atoms. The van der Waals surface area contributed by atoms with E-state index in [1.54, 1.807) is 36.8 Å². The van der Waals surface area contributed by atoms with Crippen LogP contribution in [-0.2, 0) is 4.74 Å². The minimum atomic E-state index is -0.418. The van der Waals surface area contributed by atoms with Crippen LogP contribution in [0.25, 0.3) is 0 Å². The van der Waals surface area contributed by atoms with E-state index >= 15 is 0 Å². The Labute approximate surface area is 108 Å². The van der Waals surface area contributed by atoms with Gasteiger partial charge in [-0.05, 0) is 18.2 Å². The van der Waals surface area contributed by atoms with Crippen LogP contribution >= 0.6 is 11.8 Å². The van der Waals surface area contributed by atoms with E-state index in [0.29, 0.717) is 16.3 Å². The summed E-state index contributed by atoms with van der Waals surface area (Å²) in [7, 11) is 1.34. The summed E-state index contributed by atoms with van der Waals surface area (Å²) in [5, 5.41) is 0.558. The second kappa shape index (κ2) is 5.50. The van der Waals surface area contributed by atoms with Crippen LogP contribution in [0.1, 0.15) is 10.4 Å². The molecule has 0 fully saturated rings. The van der Waals surface area contributed by atoms with Gasteiger partial charge in [-0.2, -0.15) is 0 Å². The molecular weight excluding hydrogens is 250 g/mol. The summed E-state index contributed by atoms with van der Waals surface area (Å²) in [5.41, 5.74) is 6.76. The van der Waals surface area contributed by atoms with E-state index in [0.717, 1.165) is 4.90 Å². The summed E-state index contributed by atoms with van der Waals surface area (Å²) >= 11 is 1.31. The Morgan fingerprint density at radius 1 is 1.39 bits per heavy atom. The highest BCUT2D eigenvalue weighted by atomic mass is 32.2. The van der Waals surface area contributed by atoms with Crippen molar-refractivity contribution in [1.29, 1.82) is 0 Å². The van der Waals surface area contributed by atoms with Gasteiger partial charge in [-0.25, -0.2) is 9.78 Å². The third kappa shape index (κ3) is 2.60. The highest BCUT2D eigenvalue weighted by Gasteiger charge is 2.14. The zero-order valence-electron chi connectivity index (χ0n) is 9.66. The van der Waals surface area contributed by atoms with Crippen LogP contribution < -0.4 is 5.73 Å². The number of esters is 1. The van der Waals surface area contributed by atoms with Crippen LogP contribution in [0.3, 0.4) is 0 Å². The first-order chi connectivity index (χ1) is 8.72. The molecule has 2 aromatic rings. The summed E-state index contributed by atoms with van der Waals surface area (Å²) in [4.78, 5) is 20.5. The van der Waals surface area contributed by atoms with Crippen molar-refractivity contribution in [1.82, 2.24) is 9.97 Å². The quantitative estimate of drug-likeness (QED) is 0.851. The molecule has 0 aromatic carbocycles. The number of nitrogens with zero attached hydrogens (tertiary/aromatic N) is 2. The Kier molecular flexibility index (Phi) is 3.78. The van der Waals surface area contributed by atoms with Crippen molar-refractivity contribution >= 4 is 23.4 Å². The predicted molar refractivity (Wildman–Crippen MR) is 68.3 cm³/mol. The Morgan fingerprint density at radius 3 is 2.94 bits per heavy atom. The van der Waals surface area contributed by atoms with Gasteiger partial charge in [-0.15, -0.1) is 0 Å². The maximum Gasteiger partial charge on any atom is 0.340 e. The summed E-state index contributed by atoms with van der Waals surface area (Å²) in [6, 6.07) is 5.13. The van der Waals surface area contributed by atoms with Crippen LogP contribution in [-0.4, -0.2) is 23.0 Å². The third-order valence-corrected chi connectivity index (χ3v) is 3.30. The molecule has 0 amide bonds. The lowest BCUT2D eigenvalue weighted by Crippen LogP contribution is -2.04. The first-order valence-corrected chi connectivity index (χ1v) is 5.94. The van der Waals surface area contributed by atoms with E-state index in [4.69, 9.17) is 10.5 Å². The molecule has 2 N–H and O–H groups in total. The van der Waals surface area contributed by atoms with Crippen molar-refractivity contribution in [3.8, 4) is 0 Å². The number of hydrogen-bond acceptors (Lipinski definition) is 6. The molecule has 0 saturated heterocycles. The number of methoxy groups -OCH3 is 1. The predicted octanol–water partition coefficient (Wildman–Crippen LogP) is 2.00. The van der Waals surface area contributed by atoms with Crippen LogP contribution in [0, 0.1) is 0 Å². The minimum absolute atomic E-state index is 0.418. The molecule has 0 radical (unpaired) electrons. The Morgan fingerprint density at radius 2 is 2.22 bits per heavy atom. The van der Waals surface area contributed by atoms with Crippen molar-refractivity contribution in [3.63, 3.8) is 0 Å². The van der Waals surface area contributed by atoms with Crippen molar-refractivity contribution < 1.29 is 9.53 Å². The Bertz CT molecular complexity index is 575. The van der Waals surface area contributed by atoms with E-state index in [9.17, 15) is 4.79 Å². The lowest BCUT2D eigenvalue weighted by molar-refractivity contribution is 0.0596. The van der Waals surface area contributed by atoms with Crippen molar-refractivity contribution in [2.45, 2.75) is 9.92 Å². The van der Waals surface area contributed by atoms with E-state index in [2.05, 4.69) is 9.97 Å². The second-order valence-corrected chi connectivity index (χ2v) is 4.39. The first-order valence-electron chi connectivity index (χ1n) is 5.13. The number of rotatable bonds is 3. The summed E-state index contributed by atoms with van der Waals surface area (Å²) < 4.78 is 4.71. The van der Waals surface area contributed by atoms with Gasteiger partial charge in [-0.1, -0.05) is 11.8 Å². The molecule has 0 aliphatic carbocycles. The molecule has 6 heteroatoms. The lowest BCUT2D eigenvalue weighted by atomic mass is 10.3.